The van der Waals surface area contributed by atoms with Crippen LogP contribution in [-0.4, -0.2) is 11.0 Å². The minimum atomic E-state index is -4.40. The van der Waals surface area contributed by atoms with E-state index in [1.54, 1.807) is 18.2 Å². The van der Waals surface area contributed by atoms with Gasteiger partial charge in [-0.05, 0) is 68.2 Å². The van der Waals surface area contributed by atoms with E-state index in [2.05, 4.69) is 44.8 Å². The molecular formula is C29H32F3NO2. The van der Waals surface area contributed by atoms with Gasteiger partial charge in [-0.2, -0.15) is 13.2 Å². The number of allylic oxidation sites excluding steroid dienone is 4. The number of hydrogen-bond donors (Lipinski definition) is 2. The predicted octanol–water partition coefficient (Wildman–Crippen LogP) is 7.69. The number of alkyl halides is 3. The van der Waals surface area contributed by atoms with Crippen LogP contribution in [0.1, 0.15) is 55.9 Å². The summed E-state index contributed by atoms with van der Waals surface area (Å²) >= 11 is 0. The molecule has 2 aromatic rings. The summed E-state index contributed by atoms with van der Waals surface area (Å²) in [5.41, 5.74) is 2.24. The first-order valence-electron chi connectivity index (χ1n) is 11.3. The van der Waals surface area contributed by atoms with Crippen LogP contribution in [0, 0.1) is 5.41 Å². The number of rotatable bonds is 10. The summed E-state index contributed by atoms with van der Waals surface area (Å²) in [6.07, 6.45) is 8.40. The molecule has 2 rings (SSSR count). The minimum Gasteiger partial charge on any atom is -0.507 e. The number of benzene rings is 2. The molecule has 0 radical (unpaired) electrons. The van der Waals surface area contributed by atoms with Gasteiger partial charge in [-0.15, -0.1) is 6.58 Å². The van der Waals surface area contributed by atoms with E-state index in [0.717, 1.165) is 30.5 Å². The Kier molecular flexibility index (Phi) is 9.69. The van der Waals surface area contributed by atoms with Gasteiger partial charge in [0.05, 0.1) is 5.56 Å². The predicted molar refractivity (Wildman–Crippen MR) is 136 cm³/mol. The Labute approximate surface area is 205 Å². The second-order valence-corrected chi connectivity index (χ2v) is 8.93. The number of nitrogens with one attached hydrogen (secondary N) is 1. The average molecular weight is 484 g/mol. The van der Waals surface area contributed by atoms with Crippen LogP contribution in [0.3, 0.4) is 0 Å². The fourth-order valence-corrected chi connectivity index (χ4v) is 3.25. The maximum Gasteiger partial charge on any atom is 0.416 e. The zero-order valence-corrected chi connectivity index (χ0v) is 20.3. The topological polar surface area (TPSA) is 49.3 Å². The molecule has 1 amide bonds. The van der Waals surface area contributed by atoms with Crippen LogP contribution in [-0.2, 0) is 17.5 Å². The molecule has 186 valence electrons. The molecule has 1 atom stereocenters. The van der Waals surface area contributed by atoms with E-state index < -0.39 is 17.6 Å². The van der Waals surface area contributed by atoms with E-state index in [1.807, 2.05) is 12.2 Å². The quantitative estimate of drug-likeness (QED) is 0.269. The maximum absolute atomic E-state index is 12.6. The van der Waals surface area contributed by atoms with Crippen molar-refractivity contribution in [2.45, 2.75) is 46.3 Å². The van der Waals surface area contributed by atoms with Gasteiger partial charge >= 0.3 is 6.18 Å². The van der Waals surface area contributed by atoms with Crippen molar-refractivity contribution in [2.24, 2.45) is 5.41 Å². The van der Waals surface area contributed by atoms with Crippen molar-refractivity contribution < 1.29 is 23.1 Å². The molecule has 0 spiro atoms. The Morgan fingerprint density at radius 3 is 2.37 bits per heavy atom. The Balaban J connectivity index is 2.02. The van der Waals surface area contributed by atoms with Gasteiger partial charge < -0.3 is 10.4 Å². The standard InChI is InChI=1S/C29H32F3NO2/c1-5-28(4,17-6-7-21(2)3)18-16-22-10-14-26(34)24(19-22)11-15-27(35)33-20-23-8-12-25(13-9-23)29(30,31)32/h5,7-16,18-19,34H,1,6,17,20H2,2-4H3,(H,33,35)/b15-11+,18-16+/t28-/m1/s1. The van der Waals surface area contributed by atoms with Crippen molar-refractivity contribution in [3.05, 3.63) is 101 Å². The highest BCUT2D eigenvalue weighted by Crippen LogP contribution is 2.30. The summed E-state index contributed by atoms with van der Waals surface area (Å²) in [6.45, 7) is 10.3. The Morgan fingerprint density at radius 2 is 1.77 bits per heavy atom. The molecule has 35 heavy (non-hydrogen) atoms. The van der Waals surface area contributed by atoms with E-state index in [9.17, 15) is 23.1 Å². The van der Waals surface area contributed by atoms with Gasteiger partial charge in [0, 0.05) is 23.6 Å². The Bertz CT molecular complexity index is 1110. The van der Waals surface area contributed by atoms with E-state index in [0.29, 0.717) is 11.1 Å². The first kappa shape index (κ1) is 27.7. The Hall–Kier alpha value is -3.54. The third kappa shape index (κ3) is 9.32. The van der Waals surface area contributed by atoms with Gasteiger partial charge in [0.2, 0.25) is 5.91 Å². The van der Waals surface area contributed by atoms with Crippen molar-refractivity contribution in [2.75, 3.05) is 0 Å². The van der Waals surface area contributed by atoms with Gasteiger partial charge in [-0.3, -0.25) is 4.79 Å². The van der Waals surface area contributed by atoms with Gasteiger partial charge in [-0.25, -0.2) is 0 Å². The molecule has 3 nitrogen and oxygen atoms in total. The highest BCUT2D eigenvalue weighted by Gasteiger charge is 2.29. The maximum atomic E-state index is 12.6. The molecule has 0 aliphatic rings. The number of phenols is 1. The van der Waals surface area contributed by atoms with Crippen LogP contribution in [0.5, 0.6) is 5.75 Å². The SMILES string of the molecule is C=C[C@@](C)(/C=C/c1ccc(O)c(/C=C/C(=O)NCc2ccc(C(F)(F)F)cc2)c1)CCC=C(C)C. The van der Waals surface area contributed by atoms with Crippen molar-refractivity contribution in [3.63, 3.8) is 0 Å². The lowest BCUT2D eigenvalue weighted by Crippen LogP contribution is -2.20. The zero-order valence-electron chi connectivity index (χ0n) is 20.3. The Morgan fingerprint density at radius 1 is 1.09 bits per heavy atom. The lowest BCUT2D eigenvalue weighted by Gasteiger charge is -2.20. The van der Waals surface area contributed by atoms with Gasteiger partial charge in [0.25, 0.3) is 0 Å². The second kappa shape index (κ2) is 12.2. The lowest BCUT2D eigenvalue weighted by molar-refractivity contribution is -0.137. The second-order valence-electron chi connectivity index (χ2n) is 8.93. The summed E-state index contributed by atoms with van der Waals surface area (Å²) in [4.78, 5) is 12.2. The molecule has 2 N–H and O–H groups in total. The molecule has 0 saturated heterocycles. The van der Waals surface area contributed by atoms with E-state index in [1.165, 1.54) is 29.9 Å². The summed E-state index contributed by atoms with van der Waals surface area (Å²) in [5, 5.41) is 12.8. The van der Waals surface area contributed by atoms with Crippen LogP contribution in [0.4, 0.5) is 13.2 Å². The first-order valence-corrected chi connectivity index (χ1v) is 11.3. The molecule has 0 unspecified atom stereocenters. The fourth-order valence-electron chi connectivity index (χ4n) is 3.25. The molecule has 0 aliphatic heterocycles. The highest BCUT2D eigenvalue weighted by molar-refractivity contribution is 5.92. The van der Waals surface area contributed by atoms with Crippen molar-refractivity contribution >= 4 is 18.1 Å². The normalized spacial score (nSPS) is 13.5. The van der Waals surface area contributed by atoms with Crippen LogP contribution < -0.4 is 5.32 Å². The van der Waals surface area contributed by atoms with Crippen LogP contribution in [0.2, 0.25) is 0 Å². The van der Waals surface area contributed by atoms with Gasteiger partial charge in [0.15, 0.2) is 0 Å². The molecule has 2 aromatic carbocycles. The number of carbonyl (C=O) groups excluding carboxylic acids is 1. The molecule has 0 bridgehead atoms. The lowest BCUT2D eigenvalue weighted by atomic mass is 9.84. The highest BCUT2D eigenvalue weighted by atomic mass is 19.4. The van der Waals surface area contributed by atoms with Gasteiger partial charge in [0.1, 0.15) is 5.75 Å². The number of phenolic OH excluding ortho intramolecular Hbond substituents is 1. The monoisotopic (exact) mass is 483 g/mol. The largest absolute Gasteiger partial charge is 0.507 e. The zero-order chi connectivity index (χ0) is 26.1. The molecule has 0 fully saturated rings. The number of hydrogen-bond acceptors (Lipinski definition) is 2. The van der Waals surface area contributed by atoms with Crippen LogP contribution in [0.15, 0.2) is 78.9 Å². The third-order valence-corrected chi connectivity index (χ3v) is 5.57. The summed E-state index contributed by atoms with van der Waals surface area (Å²) in [6, 6.07) is 9.73. The smallest absolute Gasteiger partial charge is 0.416 e. The molecule has 0 saturated carbocycles. The molecule has 6 heteroatoms. The van der Waals surface area contributed by atoms with Crippen molar-refractivity contribution in [1.29, 1.82) is 0 Å². The summed E-state index contributed by atoms with van der Waals surface area (Å²) < 4.78 is 37.9. The number of carbonyl (C=O) groups is 1. The van der Waals surface area contributed by atoms with Gasteiger partial charge in [-0.1, -0.05) is 55.0 Å². The average Bonchev–Trinajstić information content (AvgIpc) is 2.80. The first-order chi connectivity index (χ1) is 16.4. The van der Waals surface area contributed by atoms with E-state index >= 15 is 0 Å². The third-order valence-electron chi connectivity index (χ3n) is 5.57. The van der Waals surface area contributed by atoms with E-state index in [4.69, 9.17) is 0 Å². The van der Waals surface area contributed by atoms with E-state index in [-0.39, 0.29) is 17.7 Å². The fraction of sp³-hybridized carbons (Fsp3) is 0.276. The molecule has 0 heterocycles. The number of halogens is 3. The molecule has 0 aliphatic carbocycles. The van der Waals surface area contributed by atoms with Crippen molar-refractivity contribution in [1.82, 2.24) is 5.32 Å². The summed E-state index contributed by atoms with van der Waals surface area (Å²) in [5.74, 6) is -0.396. The van der Waals surface area contributed by atoms with Crippen LogP contribution >= 0.6 is 0 Å². The van der Waals surface area contributed by atoms with Crippen molar-refractivity contribution in [3.8, 4) is 5.75 Å². The molecular weight excluding hydrogens is 451 g/mol. The minimum absolute atomic E-state index is 0.0315. The number of amides is 1. The molecule has 0 aromatic heterocycles. The summed E-state index contributed by atoms with van der Waals surface area (Å²) in [7, 11) is 0. The number of aromatic hydroxyl groups is 1. The van der Waals surface area contributed by atoms with Crippen LogP contribution in [0.25, 0.3) is 12.2 Å².